The summed E-state index contributed by atoms with van der Waals surface area (Å²) in [6, 6.07) is 9.64. The molecule has 0 aliphatic heterocycles. The maximum Gasteiger partial charge on any atom is 0.328 e. The van der Waals surface area contributed by atoms with Crippen LogP contribution in [-0.4, -0.2) is 39.1 Å². The molecule has 0 fully saturated rings. The molecule has 0 amide bonds. The summed E-state index contributed by atoms with van der Waals surface area (Å²) < 4.78 is 15.8. The largest absolute Gasteiger partial charge is 0.328 e. The molecular formula is C12H14N3O3PS. The first-order chi connectivity index (χ1) is 9.61. The third kappa shape index (κ3) is 4.38. The fourth-order valence-electron chi connectivity index (χ4n) is 1.44. The van der Waals surface area contributed by atoms with Crippen LogP contribution < -0.4 is 0 Å². The number of benzene rings is 1. The fraction of sp³-hybridized carbons (Fsp3) is 0.250. The lowest BCUT2D eigenvalue weighted by atomic mass is 10.2. The van der Waals surface area contributed by atoms with E-state index in [4.69, 9.17) is 0 Å². The molecule has 0 aliphatic carbocycles. The minimum Gasteiger partial charge on any atom is -0.324 e. The van der Waals surface area contributed by atoms with Crippen molar-refractivity contribution in [3.05, 3.63) is 36.5 Å². The average molecular weight is 311 g/mol. The zero-order valence-corrected chi connectivity index (χ0v) is 12.6. The van der Waals surface area contributed by atoms with E-state index in [2.05, 4.69) is 19.7 Å². The van der Waals surface area contributed by atoms with E-state index >= 15 is 0 Å². The molecule has 2 rings (SSSR count). The number of thioether (sulfide) groups is 1. The number of hydrogen-bond acceptors (Lipinski definition) is 6. The third-order valence-electron chi connectivity index (χ3n) is 2.50. The van der Waals surface area contributed by atoms with E-state index in [0.717, 1.165) is 11.3 Å². The van der Waals surface area contributed by atoms with E-state index in [1.165, 1.54) is 18.9 Å². The topological polar surface area (TPSA) is 85.2 Å². The first-order valence-electron chi connectivity index (χ1n) is 5.86. The molecule has 20 heavy (non-hydrogen) atoms. The summed E-state index contributed by atoms with van der Waals surface area (Å²) in [4.78, 5) is 13.7. The van der Waals surface area contributed by atoms with Crippen LogP contribution in [-0.2, 0) is 9.09 Å². The second-order valence-corrected chi connectivity index (χ2v) is 7.03. The van der Waals surface area contributed by atoms with Crippen LogP contribution in [0, 0.1) is 0 Å². The van der Waals surface area contributed by atoms with Gasteiger partial charge in [0.05, 0.1) is 18.1 Å². The SMILES string of the molecule is COP(=O)(O)CCSc1nncc(-c2ccccc2)n1. The molecule has 0 saturated heterocycles. The smallest absolute Gasteiger partial charge is 0.324 e. The van der Waals surface area contributed by atoms with Gasteiger partial charge in [0.15, 0.2) is 0 Å². The molecule has 1 aromatic carbocycles. The van der Waals surface area contributed by atoms with Crippen LogP contribution in [0.25, 0.3) is 11.3 Å². The maximum atomic E-state index is 11.3. The lowest BCUT2D eigenvalue weighted by molar-refractivity contribution is 0.317. The molecule has 2 aromatic rings. The number of aromatic nitrogens is 3. The van der Waals surface area contributed by atoms with Gasteiger partial charge in [-0.15, -0.1) is 5.10 Å². The summed E-state index contributed by atoms with van der Waals surface area (Å²) in [6.45, 7) is 0. The van der Waals surface area contributed by atoms with Crippen molar-refractivity contribution >= 4 is 19.4 Å². The van der Waals surface area contributed by atoms with Gasteiger partial charge in [0.2, 0.25) is 5.16 Å². The second-order valence-electron chi connectivity index (χ2n) is 3.88. The zero-order valence-electron chi connectivity index (χ0n) is 10.8. The van der Waals surface area contributed by atoms with Gasteiger partial charge in [0.25, 0.3) is 0 Å². The standard InChI is InChI=1S/C12H14N3O3PS/c1-18-19(16,17)7-8-20-12-14-11(9-13-15-12)10-5-3-2-4-6-10/h2-6,9H,7-8H2,1H3,(H,16,17). The maximum absolute atomic E-state index is 11.3. The highest BCUT2D eigenvalue weighted by molar-refractivity contribution is 7.99. The number of nitrogens with zero attached hydrogens (tertiary/aromatic N) is 3. The highest BCUT2D eigenvalue weighted by Gasteiger charge is 2.16. The van der Waals surface area contributed by atoms with Crippen LogP contribution in [0.1, 0.15) is 0 Å². The molecule has 1 N–H and O–H groups in total. The molecule has 0 saturated carbocycles. The summed E-state index contributed by atoms with van der Waals surface area (Å²) in [6.07, 6.45) is 1.64. The Hall–Kier alpha value is -1.27. The van der Waals surface area contributed by atoms with Gasteiger partial charge in [-0.3, -0.25) is 4.57 Å². The van der Waals surface area contributed by atoms with Crippen LogP contribution in [0.2, 0.25) is 0 Å². The molecule has 0 radical (unpaired) electrons. The molecule has 1 aromatic heterocycles. The summed E-state index contributed by atoms with van der Waals surface area (Å²) >= 11 is 1.27. The minimum atomic E-state index is -3.48. The molecule has 1 unspecified atom stereocenters. The number of rotatable bonds is 6. The van der Waals surface area contributed by atoms with Crippen molar-refractivity contribution in [2.45, 2.75) is 5.16 Å². The Morgan fingerprint density at radius 2 is 2.10 bits per heavy atom. The predicted octanol–water partition coefficient (Wildman–Crippen LogP) is 2.46. The molecule has 0 bridgehead atoms. The van der Waals surface area contributed by atoms with E-state index in [9.17, 15) is 9.46 Å². The Balaban J connectivity index is 2.02. The quantitative estimate of drug-likeness (QED) is 0.648. The molecule has 106 valence electrons. The van der Waals surface area contributed by atoms with Crippen molar-refractivity contribution in [1.82, 2.24) is 15.2 Å². The normalized spacial score (nSPS) is 13.9. The van der Waals surface area contributed by atoms with Gasteiger partial charge in [0.1, 0.15) is 0 Å². The average Bonchev–Trinajstić information content (AvgIpc) is 2.48. The monoisotopic (exact) mass is 311 g/mol. The minimum absolute atomic E-state index is 0.0487. The summed E-state index contributed by atoms with van der Waals surface area (Å²) in [5.41, 5.74) is 1.68. The molecule has 1 heterocycles. The Bertz CT molecular complexity index is 612. The van der Waals surface area contributed by atoms with Crippen LogP contribution in [0.5, 0.6) is 0 Å². The van der Waals surface area contributed by atoms with Crippen LogP contribution in [0.3, 0.4) is 0 Å². The van der Waals surface area contributed by atoms with Crippen molar-refractivity contribution in [3.63, 3.8) is 0 Å². The van der Waals surface area contributed by atoms with Crippen molar-refractivity contribution < 1.29 is 14.0 Å². The van der Waals surface area contributed by atoms with Gasteiger partial charge in [0, 0.05) is 18.4 Å². The third-order valence-corrected chi connectivity index (χ3v) is 5.00. The van der Waals surface area contributed by atoms with E-state index in [1.54, 1.807) is 6.20 Å². The Morgan fingerprint density at radius 1 is 1.35 bits per heavy atom. The fourth-order valence-corrected chi connectivity index (χ4v) is 3.36. The van der Waals surface area contributed by atoms with Gasteiger partial charge in [-0.2, -0.15) is 5.10 Å². The summed E-state index contributed by atoms with van der Waals surface area (Å²) in [7, 11) is -2.26. The molecule has 8 heteroatoms. The highest BCUT2D eigenvalue weighted by Crippen LogP contribution is 2.41. The Morgan fingerprint density at radius 3 is 2.80 bits per heavy atom. The van der Waals surface area contributed by atoms with Gasteiger partial charge >= 0.3 is 7.60 Å². The number of hydrogen-bond donors (Lipinski definition) is 1. The first-order valence-corrected chi connectivity index (χ1v) is 8.61. The van der Waals surface area contributed by atoms with Crippen LogP contribution in [0.15, 0.2) is 41.7 Å². The molecule has 0 aliphatic rings. The van der Waals surface area contributed by atoms with Gasteiger partial charge < -0.3 is 9.42 Å². The predicted molar refractivity (Wildman–Crippen MR) is 77.7 cm³/mol. The van der Waals surface area contributed by atoms with Gasteiger partial charge in [-0.05, 0) is 0 Å². The van der Waals surface area contributed by atoms with Gasteiger partial charge in [-0.1, -0.05) is 42.1 Å². The van der Waals surface area contributed by atoms with E-state index in [-0.39, 0.29) is 6.16 Å². The molecule has 0 spiro atoms. The summed E-state index contributed by atoms with van der Waals surface area (Å²) in [5.74, 6) is 0.390. The van der Waals surface area contributed by atoms with E-state index in [1.807, 2.05) is 30.3 Å². The molecule has 1 atom stereocenters. The molecule has 6 nitrogen and oxygen atoms in total. The summed E-state index contributed by atoms with van der Waals surface area (Å²) in [5, 5.41) is 8.27. The van der Waals surface area contributed by atoms with Crippen molar-refractivity contribution in [1.29, 1.82) is 0 Å². The van der Waals surface area contributed by atoms with Crippen molar-refractivity contribution in [2.75, 3.05) is 19.0 Å². The Labute approximate surface area is 121 Å². The van der Waals surface area contributed by atoms with Crippen LogP contribution >= 0.6 is 19.4 Å². The van der Waals surface area contributed by atoms with Gasteiger partial charge in [-0.25, -0.2) is 4.98 Å². The van der Waals surface area contributed by atoms with E-state index in [0.29, 0.717) is 10.9 Å². The lowest BCUT2D eigenvalue weighted by Gasteiger charge is -2.07. The zero-order chi connectivity index (χ0) is 14.4. The first kappa shape index (κ1) is 15.1. The lowest BCUT2D eigenvalue weighted by Crippen LogP contribution is -1.97. The van der Waals surface area contributed by atoms with Crippen molar-refractivity contribution in [2.24, 2.45) is 0 Å². The second kappa shape index (κ2) is 6.95. The van der Waals surface area contributed by atoms with E-state index < -0.39 is 7.60 Å². The van der Waals surface area contributed by atoms with Crippen LogP contribution in [0.4, 0.5) is 0 Å². The highest BCUT2D eigenvalue weighted by atomic mass is 32.2. The Kier molecular flexibility index (Phi) is 5.25. The van der Waals surface area contributed by atoms with Crippen molar-refractivity contribution in [3.8, 4) is 11.3 Å². The molecular weight excluding hydrogens is 297 g/mol.